The summed E-state index contributed by atoms with van der Waals surface area (Å²) in [5, 5.41) is 12.3. The van der Waals surface area contributed by atoms with E-state index in [2.05, 4.69) is 5.32 Å². The van der Waals surface area contributed by atoms with Gasteiger partial charge in [-0.2, -0.15) is 0 Å². The van der Waals surface area contributed by atoms with Crippen molar-refractivity contribution in [2.45, 2.75) is 31.7 Å². The maximum Gasteiger partial charge on any atom is 0.329 e. The van der Waals surface area contributed by atoms with Gasteiger partial charge < -0.3 is 10.4 Å². The average Bonchev–Trinajstić information content (AvgIpc) is 3.13. The molecule has 1 fully saturated rings. The molecule has 0 spiro atoms. The minimum Gasteiger partial charge on any atom is -0.480 e. The summed E-state index contributed by atoms with van der Waals surface area (Å²) in [6, 6.07) is 7.35. The summed E-state index contributed by atoms with van der Waals surface area (Å²) in [5.74, 6) is -1.50. The fraction of sp³-hybridized carbons (Fsp3) is 0.429. The second-order valence-corrected chi connectivity index (χ2v) is 5.48. The van der Waals surface area contributed by atoms with Crippen LogP contribution in [0, 0.1) is 5.92 Å². The zero-order chi connectivity index (χ0) is 14.0. The fourth-order valence-corrected chi connectivity index (χ4v) is 2.18. The third kappa shape index (κ3) is 3.07. The lowest BCUT2D eigenvalue weighted by Crippen LogP contribution is -2.45. The van der Waals surface area contributed by atoms with E-state index in [1.807, 2.05) is 18.2 Å². The van der Waals surface area contributed by atoms with Crippen LogP contribution in [-0.4, -0.2) is 22.5 Å². The lowest BCUT2D eigenvalue weighted by molar-refractivity contribution is -0.143. The van der Waals surface area contributed by atoms with E-state index in [4.69, 9.17) is 16.7 Å². The van der Waals surface area contributed by atoms with Crippen molar-refractivity contribution in [3.63, 3.8) is 0 Å². The van der Waals surface area contributed by atoms with Crippen molar-refractivity contribution in [1.29, 1.82) is 0 Å². The first-order chi connectivity index (χ1) is 8.94. The number of rotatable bonds is 5. The van der Waals surface area contributed by atoms with Gasteiger partial charge in [0.1, 0.15) is 5.54 Å². The van der Waals surface area contributed by atoms with Crippen molar-refractivity contribution in [3.05, 3.63) is 34.9 Å². The molecule has 1 aliphatic carbocycles. The number of carboxylic acids is 1. The summed E-state index contributed by atoms with van der Waals surface area (Å²) in [5.41, 5.74) is -0.127. The molecule has 5 heteroatoms. The molecular weight excluding hydrogens is 266 g/mol. The third-order valence-corrected chi connectivity index (χ3v) is 3.82. The van der Waals surface area contributed by atoms with Crippen LogP contribution in [0.4, 0.5) is 0 Å². The number of carbonyl (C=O) groups excluding carboxylic acids is 1. The van der Waals surface area contributed by atoms with Gasteiger partial charge in [-0.05, 0) is 30.9 Å². The number of hydrogen-bond donors (Lipinski definition) is 2. The van der Waals surface area contributed by atoms with E-state index < -0.39 is 11.5 Å². The SMILES string of the molecule is CC(Cc1ccccc1Cl)C(=O)NC1(C(=O)O)CC1. The molecule has 1 aromatic carbocycles. The molecule has 2 rings (SSSR count). The van der Waals surface area contributed by atoms with Crippen LogP contribution in [0.1, 0.15) is 25.3 Å². The molecule has 1 atom stereocenters. The van der Waals surface area contributed by atoms with Crippen molar-refractivity contribution in [2.24, 2.45) is 5.92 Å². The molecule has 102 valence electrons. The first-order valence-electron chi connectivity index (χ1n) is 6.23. The zero-order valence-corrected chi connectivity index (χ0v) is 11.4. The summed E-state index contributed by atoms with van der Waals surface area (Å²) in [4.78, 5) is 23.0. The van der Waals surface area contributed by atoms with Crippen molar-refractivity contribution >= 4 is 23.5 Å². The molecule has 1 aliphatic rings. The Kier molecular flexibility index (Phi) is 3.80. The van der Waals surface area contributed by atoms with Crippen LogP contribution >= 0.6 is 11.6 Å². The topological polar surface area (TPSA) is 66.4 Å². The molecule has 0 heterocycles. The van der Waals surface area contributed by atoms with Crippen LogP contribution in [0.2, 0.25) is 5.02 Å². The number of benzene rings is 1. The van der Waals surface area contributed by atoms with E-state index in [9.17, 15) is 9.59 Å². The Morgan fingerprint density at radius 3 is 2.58 bits per heavy atom. The molecule has 1 aromatic rings. The smallest absolute Gasteiger partial charge is 0.329 e. The molecule has 0 radical (unpaired) electrons. The van der Waals surface area contributed by atoms with Gasteiger partial charge in [0.25, 0.3) is 0 Å². The van der Waals surface area contributed by atoms with Crippen LogP contribution in [0.15, 0.2) is 24.3 Å². The number of halogens is 1. The van der Waals surface area contributed by atoms with Crippen LogP contribution in [0.25, 0.3) is 0 Å². The van der Waals surface area contributed by atoms with Gasteiger partial charge in [-0.25, -0.2) is 4.79 Å². The number of hydrogen-bond acceptors (Lipinski definition) is 2. The molecule has 0 saturated heterocycles. The Morgan fingerprint density at radius 2 is 2.05 bits per heavy atom. The normalized spacial score (nSPS) is 17.6. The summed E-state index contributed by atoms with van der Waals surface area (Å²) in [6.07, 6.45) is 1.51. The van der Waals surface area contributed by atoms with Gasteiger partial charge in [0, 0.05) is 10.9 Å². The average molecular weight is 282 g/mol. The highest BCUT2D eigenvalue weighted by molar-refractivity contribution is 6.31. The maximum atomic E-state index is 12.0. The minimum atomic E-state index is -1.02. The molecule has 1 amide bonds. The van der Waals surface area contributed by atoms with E-state index in [1.54, 1.807) is 13.0 Å². The van der Waals surface area contributed by atoms with Gasteiger partial charge in [0.2, 0.25) is 5.91 Å². The maximum absolute atomic E-state index is 12.0. The number of carbonyl (C=O) groups is 2. The highest BCUT2D eigenvalue weighted by Crippen LogP contribution is 2.36. The van der Waals surface area contributed by atoms with Crippen molar-refractivity contribution in [1.82, 2.24) is 5.32 Å². The van der Waals surface area contributed by atoms with Gasteiger partial charge in [-0.1, -0.05) is 36.7 Å². The fourth-order valence-electron chi connectivity index (χ4n) is 1.96. The van der Waals surface area contributed by atoms with Gasteiger partial charge in [0.15, 0.2) is 0 Å². The number of carboxylic acid groups (broad SMARTS) is 1. The van der Waals surface area contributed by atoms with Crippen LogP contribution in [-0.2, 0) is 16.0 Å². The summed E-state index contributed by atoms with van der Waals surface area (Å²) < 4.78 is 0. The lowest BCUT2D eigenvalue weighted by atomic mass is 10.00. The molecule has 0 aliphatic heterocycles. The Bertz CT molecular complexity index is 511. The predicted molar refractivity (Wildman–Crippen MR) is 72.1 cm³/mol. The quantitative estimate of drug-likeness (QED) is 0.870. The van der Waals surface area contributed by atoms with Gasteiger partial charge in [-0.3, -0.25) is 4.79 Å². The van der Waals surface area contributed by atoms with Crippen LogP contribution < -0.4 is 5.32 Å². The first-order valence-corrected chi connectivity index (χ1v) is 6.61. The molecule has 2 N–H and O–H groups in total. The second-order valence-electron chi connectivity index (χ2n) is 5.07. The molecule has 1 unspecified atom stereocenters. The third-order valence-electron chi connectivity index (χ3n) is 3.45. The zero-order valence-electron chi connectivity index (χ0n) is 10.6. The van der Waals surface area contributed by atoms with Crippen molar-refractivity contribution in [2.75, 3.05) is 0 Å². The van der Waals surface area contributed by atoms with Crippen molar-refractivity contribution < 1.29 is 14.7 Å². The van der Waals surface area contributed by atoms with E-state index in [-0.39, 0.29) is 11.8 Å². The van der Waals surface area contributed by atoms with Crippen molar-refractivity contribution in [3.8, 4) is 0 Å². The molecule has 4 nitrogen and oxygen atoms in total. The summed E-state index contributed by atoms with van der Waals surface area (Å²) in [7, 11) is 0. The van der Waals surface area contributed by atoms with Crippen LogP contribution in [0.3, 0.4) is 0 Å². The highest BCUT2D eigenvalue weighted by Gasteiger charge is 2.51. The number of aliphatic carboxylic acids is 1. The molecule has 19 heavy (non-hydrogen) atoms. The minimum absolute atomic E-state index is 0.236. The van der Waals surface area contributed by atoms with E-state index in [0.717, 1.165) is 5.56 Å². The van der Waals surface area contributed by atoms with Gasteiger partial charge >= 0.3 is 5.97 Å². The Labute approximate surface area is 116 Å². The summed E-state index contributed by atoms with van der Waals surface area (Å²) >= 11 is 6.04. The Balaban J connectivity index is 1.97. The highest BCUT2D eigenvalue weighted by atomic mass is 35.5. The molecular formula is C14H16ClNO3. The van der Waals surface area contributed by atoms with Gasteiger partial charge in [0.05, 0.1) is 0 Å². The Morgan fingerprint density at radius 1 is 1.42 bits per heavy atom. The predicted octanol–water partition coefficient (Wildman–Crippen LogP) is 2.25. The standard InChI is InChI=1S/C14H16ClNO3/c1-9(8-10-4-2-3-5-11(10)15)12(17)16-14(6-7-14)13(18)19/h2-5,9H,6-8H2,1H3,(H,16,17)(H,18,19). The number of nitrogens with one attached hydrogen (secondary N) is 1. The molecule has 0 bridgehead atoms. The molecule has 1 saturated carbocycles. The summed E-state index contributed by atoms with van der Waals surface area (Å²) in [6.45, 7) is 1.77. The molecule has 0 aromatic heterocycles. The monoisotopic (exact) mass is 281 g/mol. The van der Waals surface area contributed by atoms with Gasteiger partial charge in [-0.15, -0.1) is 0 Å². The van der Waals surface area contributed by atoms with E-state index in [0.29, 0.717) is 24.3 Å². The van der Waals surface area contributed by atoms with E-state index >= 15 is 0 Å². The largest absolute Gasteiger partial charge is 0.480 e. The number of amides is 1. The lowest BCUT2D eigenvalue weighted by Gasteiger charge is -2.17. The van der Waals surface area contributed by atoms with E-state index in [1.165, 1.54) is 0 Å². The van der Waals surface area contributed by atoms with Crippen LogP contribution in [0.5, 0.6) is 0 Å². The Hall–Kier alpha value is -1.55. The first kappa shape index (κ1) is 13.9. The second kappa shape index (κ2) is 5.21.